The number of nitrogens with one attached hydrogen (secondary N) is 1. The molecule has 0 fully saturated rings. The lowest BCUT2D eigenvalue weighted by Gasteiger charge is -2.07. The molecule has 0 bridgehead atoms. The van der Waals surface area contributed by atoms with Crippen LogP contribution in [0.5, 0.6) is 0 Å². The average Bonchev–Trinajstić information content (AvgIpc) is 2.35. The Kier molecular flexibility index (Phi) is 3.66. The summed E-state index contributed by atoms with van der Waals surface area (Å²) in [6, 6.07) is 3.83. The first-order valence-electron chi connectivity index (χ1n) is 5.78. The van der Waals surface area contributed by atoms with E-state index in [2.05, 4.69) is 20.3 Å². The summed E-state index contributed by atoms with van der Waals surface area (Å²) < 4.78 is 1.44. The predicted molar refractivity (Wildman–Crippen MR) is 68.5 cm³/mol. The highest BCUT2D eigenvalue weighted by Gasteiger charge is 2.04. The van der Waals surface area contributed by atoms with Crippen LogP contribution in [0.15, 0.2) is 29.5 Å². The van der Waals surface area contributed by atoms with Crippen LogP contribution in [0.3, 0.4) is 0 Å². The summed E-state index contributed by atoms with van der Waals surface area (Å²) in [6.45, 7) is 4.95. The third kappa shape index (κ3) is 2.71. The maximum absolute atomic E-state index is 11.8. The molecule has 6 nitrogen and oxygen atoms in total. The maximum atomic E-state index is 11.8. The summed E-state index contributed by atoms with van der Waals surface area (Å²) in [5, 5.41) is 2.90. The molecule has 6 heteroatoms. The van der Waals surface area contributed by atoms with Crippen LogP contribution in [0.1, 0.15) is 18.2 Å². The third-order valence-corrected chi connectivity index (χ3v) is 2.54. The van der Waals surface area contributed by atoms with Crippen molar-refractivity contribution in [3.8, 4) is 0 Å². The molecule has 2 aromatic rings. The van der Waals surface area contributed by atoms with E-state index in [0.717, 1.165) is 11.3 Å². The molecule has 94 valence electrons. The smallest absolute Gasteiger partial charge is 0.352 e. The standard InChI is InChI=1S/C12H15N5O/c1-3-13-11-15-8-17(12(18)16-11)7-10-9(2)5-4-6-14-10/h4-6,8H,3,7H2,1-2H3,(H,13,16,18). The van der Waals surface area contributed by atoms with Gasteiger partial charge in [0.05, 0.1) is 12.2 Å². The van der Waals surface area contributed by atoms with E-state index in [-0.39, 0.29) is 5.69 Å². The summed E-state index contributed by atoms with van der Waals surface area (Å²) in [6.07, 6.45) is 3.20. The lowest BCUT2D eigenvalue weighted by Crippen LogP contribution is -2.25. The van der Waals surface area contributed by atoms with E-state index >= 15 is 0 Å². The van der Waals surface area contributed by atoms with Gasteiger partial charge in [0.1, 0.15) is 6.33 Å². The van der Waals surface area contributed by atoms with Crippen LogP contribution in [0.25, 0.3) is 0 Å². The Labute approximate surface area is 105 Å². The molecular formula is C12H15N5O. The SMILES string of the molecule is CCNc1ncn(Cc2ncccc2C)c(=O)n1. The molecule has 2 heterocycles. The quantitative estimate of drug-likeness (QED) is 0.863. The molecular weight excluding hydrogens is 230 g/mol. The van der Waals surface area contributed by atoms with Gasteiger partial charge in [0.15, 0.2) is 0 Å². The molecule has 2 aromatic heterocycles. The maximum Gasteiger partial charge on any atom is 0.352 e. The molecule has 1 N–H and O–H groups in total. The first-order chi connectivity index (χ1) is 8.70. The summed E-state index contributed by atoms with van der Waals surface area (Å²) >= 11 is 0. The minimum atomic E-state index is -0.328. The molecule has 2 rings (SSSR count). The summed E-state index contributed by atoms with van der Waals surface area (Å²) in [4.78, 5) is 23.9. The van der Waals surface area contributed by atoms with Crippen molar-refractivity contribution in [1.29, 1.82) is 0 Å². The number of hydrogen-bond donors (Lipinski definition) is 1. The van der Waals surface area contributed by atoms with E-state index in [4.69, 9.17) is 0 Å². The molecule has 0 aliphatic rings. The minimum Gasteiger partial charge on any atom is -0.354 e. The predicted octanol–water partition coefficient (Wildman–Crippen LogP) is 0.822. The zero-order chi connectivity index (χ0) is 13.0. The van der Waals surface area contributed by atoms with Gasteiger partial charge in [-0.05, 0) is 25.5 Å². The van der Waals surface area contributed by atoms with Gasteiger partial charge in [-0.25, -0.2) is 9.78 Å². The Morgan fingerprint density at radius 3 is 2.89 bits per heavy atom. The molecule has 0 spiro atoms. The van der Waals surface area contributed by atoms with E-state index in [1.807, 2.05) is 26.0 Å². The lowest BCUT2D eigenvalue weighted by molar-refractivity contribution is 0.684. The second-order valence-corrected chi connectivity index (χ2v) is 3.89. The number of aryl methyl sites for hydroxylation is 1. The second kappa shape index (κ2) is 5.39. The second-order valence-electron chi connectivity index (χ2n) is 3.89. The molecule has 0 radical (unpaired) electrons. The van der Waals surface area contributed by atoms with Crippen molar-refractivity contribution in [3.05, 3.63) is 46.4 Å². The summed E-state index contributed by atoms with van der Waals surface area (Å²) in [5.74, 6) is 0.358. The highest BCUT2D eigenvalue weighted by molar-refractivity contribution is 5.21. The molecule has 0 aliphatic heterocycles. The lowest BCUT2D eigenvalue weighted by atomic mass is 10.2. The fourth-order valence-electron chi connectivity index (χ4n) is 1.55. The first kappa shape index (κ1) is 12.2. The van der Waals surface area contributed by atoms with E-state index in [1.54, 1.807) is 6.20 Å². The highest BCUT2D eigenvalue weighted by Crippen LogP contribution is 2.04. The van der Waals surface area contributed by atoms with Gasteiger partial charge in [-0.1, -0.05) is 6.07 Å². The van der Waals surface area contributed by atoms with E-state index in [1.165, 1.54) is 10.9 Å². The minimum absolute atomic E-state index is 0.328. The van der Waals surface area contributed by atoms with Crippen LogP contribution in [-0.2, 0) is 6.54 Å². The normalized spacial score (nSPS) is 10.3. The molecule has 0 aliphatic carbocycles. The van der Waals surface area contributed by atoms with Crippen LogP contribution in [-0.4, -0.2) is 26.1 Å². The van der Waals surface area contributed by atoms with Gasteiger partial charge in [0.25, 0.3) is 0 Å². The van der Waals surface area contributed by atoms with Crippen LogP contribution in [0, 0.1) is 6.92 Å². The molecule has 0 saturated carbocycles. The molecule has 0 atom stereocenters. The highest BCUT2D eigenvalue weighted by atomic mass is 16.1. The van der Waals surface area contributed by atoms with E-state index < -0.39 is 0 Å². The Balaban J connectivity index is 2.25. The van der Waals surface area contributed by atoms with Crippen LogP contribution in [0.4, 0.5) is 5.95 Å². The average molecular weight is 245 g/mol. The molecule has 0 amide bonds. The van der Waals surface area contributed by atoms with E-state index in [9.17, 15) is 4.79 Å². The topological polar surface area (TPSA) is 72.7 Å². The van der Waals surface area contributed by atoms with Crippen molar-refractivity contribution >= 4 is 5.95 Å². The number of nitrogens with zero attached hydrogens (tertiary/aromatic N) is 4. The first-order valence-corrected chi connectivity index (χ1v) is 5.78. The van der Waals surface area contributed by atoms with Gasteiger partial charge in [0, 0.05) is 12.7 Å². The number of hydrogen-bond acceptors (Lipinski definition) is 5. The van der Waals surface area contributed by atoms with Gasteiger partial charge in [0.2, 0.25) is 5.95 Å². The van der Waals surface area contributed by atoms with Crippen molar-refractivity contribution in [1.82, 2.24) is 19.5 Å². The number of pyridine rings is 1. The monoisotopic (exact) mass is 245 g/mol. The van der Waals surface area contributed by atoms with Crippen molar-refractivity contribution in [3.63, 3.8) is 0 Å². The van der Waals surface area contributed by atoms with Crippen molar-refractivity contribution < 1.29 is 0 Å². The Bertz CT molecular complexity index is 593. The van der Waals surface area contributed by atoms with Crippen LogP contribution in [0.2, 0.25) is 0 Å². The van der Waals surface area contributed by atoms with Crippen molar-refractivity contribution in [2.24, 2.45) is 0 Å². The van der Waals surface area contributed by atoms with Crippen LogP contribution >= 0.6 is 0 Å². The Hall–Kier alpha value is -2.24. The zero-order valence-corrected chi connectivity index (χ0v) is 10.4. The van der Waals surface area contributed by atoms with Gasteiger partial charge in [-0.2, -0.15) is 4.98 Å². The number of anilines is 1. The number of aromatic nitrogens is 4. The van der Waals surface area contributed by atoms with Gasteiger partial charge < -0.3 is 5.32 Å². The fraction of sp³-hybridized carbons (Fsp3) is 0.333. The van der Waals surface area contributed by atoms with E-state index in [0.29, 0.717) is 19.0 Å². The van der Waals surface area contributed by atoms with Crippen LogP contribution < -0.4 is 11.0 Å². The van der Waals surface area contributed by atoms with Gasteiger partial charge in [-0.3, -0.25) is 9.55 Å². The van der Waals surface area contributed by atoms with Gasteiger partial charge in [-0.15, -0.1) is 0 Å². The largest absolute Gasteiger partial charge is 0.354 e. The number of rotatable bonds is 4. The summed E-state index contributed by atoms with van der Waals surface area (Å²) in [7, 11) is 0. The molecule has 0 saturated heterocycles. The Morgan fingerprint density at radius 1 is 1.39 bits per heavy atom. The summed E-state index contributed by atoms with van der Waals surface area (Å²) in [5.41, 5.74) is 1.56. The molecule has 0 unspecified atom stereocenters. The van der Waals surface area contributed by atoms with Gasteiger partial charge >= 0.3 is 5.69 Å². The Morgan fingerprint density at radius 2 is 2.22 bits per heavy atom. The molecule has 0 aromatic carbocycles. The van der Waals surface area contributed by atoms with Crippen molar-refractivity contribution in [2.45, 2.75) is 20.4 Å². The zero-order valence-electron chi connectivity index (χ0n) is 10.4. The van der Waals surface area contributed by atoms with Crippen molar-refractivity contribution in [2.75, 3.05) is 11.9 Å². The fourth-order valence-corrected chi connectivity index (χ4v) is 1.55. The third-order valence-electron chi connectivity index (χ3n) is 2.54. The molecule has 18 heavy (non-hydrogen) atoms.